The zero-order valence-electron chi connectivity index (χ0n) is 18.2. The first-order chi connectivity index (χ1) is 15.0. The number of hydrogen-bond acceptors (Lipinski definition) is 6. The van der Waals surface area contributed by atoms with Gasteiger partial charge in [-0.1, -0.05) is 17.3 Å². The molecule has 1 aromatic heterocycles. The molecule has 166 valence electrons. The molecule has 2 aliphatic rings. The second-order valence-corrected chi connectivity index (χ2v) is 8.37. The number of rotatable bonds is 5. The zero-order chi connectivity index (χ0) is 22.0. The summed E-state index contributed by atoms with van der Waals surface area (Å²) in [5.41, 5.74) is 2.07. The van der Waals surface area contributed by atoms with Crippen LogP contribution in [0.5, 0.6) is 5.75 Å². The molecule has 3 heterocycles. The number of piperidine rings is 1. The van der Waals surface area contributed by atoms with Gasteiger partial charge < -0.3 is 19.7 Å². The standard InChI is InChI=1S/C22H29N5O4/c1-14(2)23-21(28)16-8-10-26(11-9-16)22(29)20-18-13-31-19(12-27(18)25-24-20)15-4-6-17(30-3)7-5-15/h4-7,14,16,19H,8-13H2,1-3H3,(H,23,28). The molecule has 0 saturated carbocycles. The molecule has 1 atom stereocenters. The van der Waals surface area contributed by atoms with Crippen molar-refractivity contribution in [2.45, 2.75) is 52.0 Å². The molecular formula is C22H29N5O4. The molecule has 1 N–H and O–H groups in total. The summed E-state index contributed by atoms with van der Waals surface area (Å²) in [6.45, 7) is 5.75. The van der Waals surface area contributed by atoms with E-state index < -0.39 is 0 Å². The SMILES string of the molecule is COc1ccc(C2Cn3nnc(C(=O)N4CCC(C(=O)NC(C)C)CC4)c3CO2)cc1. The van der Waals surface area contributed by atoms with Crippen LogP contribution in [0.25, 0.3) is 0 Å². The molecule has 2 aromatic rings. The Balaban J connectivity index is 1.38. The lowest BCUT2D eigenvalue weighted by Gasteiger charge is -2.31. The number of nitrogens with zero attached hydrogens (tertiary/aromatic N) is 4. The summed E-state index contributed by atoms with van der Waals surface area (Å²) in [5, 5.41) is 11.3. The van der Waals surface area contributed by atoms with Gasteiger partial charge in [-0.05, 0) is 44.4 Å². The molecule has 0 radical (unpaired) electrons. The summed E-state index contributed by atoms with van der Waals surface area (Å²) >= 11 is 0. The molecular weight excluding hydrogens is 398 g/mol. The van der Waals surface area contributed by atoms with Crippen molar-refractivity contribution in [3.8, 4) is 5.75 Å². The fourth-order valence-corrected chi connectivity index (χ4v) is 4.09. The fourth-order valence-electron chi connectivity index (χ4n) is 4.09. The van der Waals surface area contributed by atoms with Crippen molar-refractivity contribution in [1.82, 2.24) is 25.2 Å². The summed E-state index contributed by atoms with van der Waals surface area (Å²) in [6.07, 6.45) is 1.16. The highest BCUT2D eigenvalue weighted by molar-refractivity contribution is 5.93. The van der Waals surface area contributed by atoms with Crippen LogP contribution in [0.2, 0.25) is 0 Å². The monoisotopic (exact) mass is 427 g/mol. The number of ether oxygens (including phenoxy) is 2. The van der Waals surface area contributed by atoms with E-state index >= 15 is 0 Å². The molecule has 1 unspecified atom stereocenters. The molecule has 4 rings (SSSR count). The molecule has 2 amide bonds. The molecule has 0 aliphatic carbocycles. The molecule has 1 aromatic carbocycles. The van der Waals surface area contributed by atoms with Gasteiger partial charge in [0.15, 0.2) is 5.69 Å². The van der Waals surface area contributed by atoms with Crippen LogP contribution in [0, 0.1) is 5.92 Å². The van der Waals surface area contributed by atoms with Gasteiger partial charge in [0, 0.05) is 25.0 Å². The quantitative estimate of drug-likeness (QED) is 0.783. The average molecular weight is 428 g/mol. The van der Waals surface area contributed by atoms with Gasteiger partial charge in [0.1, 0.15) is 11.9 Å². The number of aromatic nitrogens is 3. The van der Waals surface area contributed by atoms with Gasteiger partial charge in [-0.3, -0.25) is 9.59 Å². The number of carbonyl (C=O) groups excluding carboxylic acids is 2. The Labute approximate surface area is 181 Å². The number of fused-ring (bicyclic) bond motifs is 1. The molecule has 2 aliphatic heterocycles. The number of benzene rings is 1. The summed E-state index contributed by atoms with van der Waals surface area (Å²) < 4.78 is 13.0. The zero-order valence-corrected chi connectivity index (χ0v) is 18.2. The fraction of sp³-hybridized carbons (Fsp3) is 0.545. The van der Waals surface area contributed by atoms with E-state index in [0.29, 0.717) is 43.9 Å². The van der Waals surface area contributed by atoms with Crippen molar-refractivity contribution < 1.29 is 19.1 Å². The van der Waals surface area contributed by atoms with Crippen LogP contribution in [0.3, 0.4) is 0 Å². The van der Waals surface area contributed by atoms with E-state index in [9.17, 15) is 9.59 Å². The van der Waals surface area contributed by atoms with Gasteiger partial charge >= 0.3 is 0 Å². The first-order valence-electron chi connectivity index (χ1n) is 10.7. The summed E-state index contributed by atoms with van der Waals surface area (Å²) in [4.78, 5) is 27.0. The maximum absolute atomic E-state index is 13.0. The summed E-state index contributed by atoms with van der Waals surface area (Å²) in [5.74, 6) is 0.671. The second-order valence-electron chi connectivity index (χ2n) is 8.37. The minimum Gasteiger partial charge on any atom is -0.497 e. The summed E-state index contributed by atoms with van der Waals surface area (Å²) in [6, 6.07) is 7.86. The minimum atomic E-state index is -0.154. The third-order valence-corrected chi connectivity index (χ3v) is 5.87. The number of amides is 2. The van der Waals surface area contributed by atoms with Crippen molar-refractivity contribution >= 4 is 11.8 Å². The lowest BCUT2D eigenvalue weighted by atomic mass is 9.95. The largest absolute Gasteiger partial charge is 0.497 e. The first-order valence-corrected chi connectivity index (χ1v) is 10.7. The first kappa shape index (κ1) is 21.3. The number of likely N-dealkylation sites (tertiary alicyclic amines) is 1. The van der Waals surface area contributed by atoms with Crippen molar-refractivity contribution in [1.29, 1.82) is 0 Å². The van der Waals surface area contributed by atoms with Crippen molar-refractivity contribution in [2.24, 2.45) is 5.92 Å². The van der Waals surface area contributed by atoms with E-state index in [4.69, 9.17) is 9.47 Å². The number of carbonyl (C=O) groups is 2. The predicted octanol–water partition coefficient (Wildman–Crippen LogP) is 1.93. The van der Waals surface area contributed by atoms with E-state index in [0.717, 1.165) is 11.3 Å². The molecule has 0 bridgehead atoms. The van der Waals surface area contributed by atoms with Crippen LogP contribution >= 0.6 is 0 Å². The molecule has 9 heteroatoms. The van der Waals surface area contributed by atoms with E-state index in [1.54, 1.807) is 16.7 Å². The molecule has 1 fully saturated rings. The van der Waals surface area contributed by atoms with Gasteiger partial charge in [0.05, 0.1) is 26.0 Å². The third kappa shape index (κ3) is 4.56. The highest BCUT2D eigenvalue weighted by Gasteiger charge is 2.33. The minimum absolute atomic E-state index is 0.0472. The lowest BCUT2D eigenvalue weighted by Crippen LogP contribution is -2.44. The summed E-state index contributed by atoms with van der Waals surface area (Å²) in [7, 11) is 1.63. The molecule has 31 heavy (non-hydrogen) atoms. The van der Waals surface area contributed by atoms with E-state index in [1.165, 1.54) is 0 Å². The normalized spacial score (nSPS) is 19.2. The third-order valence-electron chi connectivity index (χ3n) is 5.87. The van der Waals surface area contributed by atoms with Gasteiger partial charge in [-0.15, -0.1) is 5.10 Å². The Morgan fingerprint density at radius 1 is 1.19 bits per heavy atom. The van der Waals surface area contributed by atoms with Crippen molar-refractivity contribution in [2.75, 3.05) is 20.2 Å². The number of methoxy groups -OCH3 is 1. The Hall–Kier alpha value is -2.94. The van der Waals surface area contributed by atoms with Crippen LogP contribution in [-0.2, 0) is 22.7 Å². The maximum Gasteiger partial charge on any atom is 0.276 e. The Kier molecular flexibility index (Phi) is 6.22. The van der Waals surface area contributed by atoms with Crippen molar-refractivity contribution in [3.05, 3.63) is 41.2 Å². The predicted molar refractivity (Wildman–Crippen MR) is 112 cm³/mol. The van der Waals surface area contributed by atoms with Gasteiger partial charge in [-0.2, -0.15) is 0 Å². The van der Waals surface area contributed by atoms with E-state index in [2.05, 4.69) is 15.6 Å². The van der Waals surface area contributed by atoms with Crippen LogP contribution in [0.1, 0.15) is 54.5 Å². The smallest absolute Gasteiger partial charge is 0.276 e. The van der Waals surface area contributed by atoms with Gasteiger partial charge in [0.2, 0.25) is 5.91 Å². The Morgan fingerprint density at radius 3 is 2.55 bits per heavy atom. The molecule has 1 saturated heterocycles. The highest BCUT2D eigenvalue weighted by Crippen LogP contribution is 2.29. The lowest BCUT2D eigenvalue weighted by molar-refractivity contribution is -0.126. The highest BCUT2D eigenvalue weighted by atomic mass is 16.5. The van der Waals surface area contributed by atoms with Gasteiger partial charge in [0.25, 0.3) is 5.91 Å². The van der Waals surface area contributed by atoms with Crippen LogP contribution in [0.4, 0.5) is 0 Å². The Morgan fingerprint density at radius 2 is 1.90 bits per heavy atom. The Bertz CT molecular complexity index is 932. The van der Waals surface area contributed by atoms with Crippen molar-refractivity contribution in [3.63, 3.8) is 0 Å². The molecule has 9 nitrogen and oxygen atoms in total. The van der Waals surface area contributed by atoms with Crippen LogP contribution < -0.4 is 10.1 Å². The average Bonchev–Trinajstić information content (AvgIpc) is 3.21. The number of nitrogens with one attached hydrogen (secondary N) is 1. The second kappa shape index (κ2) is 9.05. The van der Waals surface area contributed by atoms with Gasteiger partial charge in [-0.25, -0.2) is 4.68 Å². The van der Waals surface area contributed by atoms with Crippen LogP contribution in [0.15, 0.2) is 24.3 Å². The maximum atomic E-state index is 13.0. The topological polar surface area (TPSA) is 98.6 Å². The molecule has 0 spiro atoms. The van der Waals surface area contributed by atoms with E-state index in [1.807, 2.05) is 38.1 Å². The van der Waals surface area contributed by atoms with E-state index in [-0.39, 0.29) is 36.5 Å². The van der Waals surface area contributed by atoms with Crippen LogP contribution in [-0.4, -0.2) is 57.9 Å². The number of hydrogen-bond donors (Lipinski definition) is 1.